The van der Waals surface area contributed by atoms with Gasteiger partial charge in [-0.1, -0.05) is 0 Å². The van der Waals surface area contributed by atoms with Crippen molar-refractivity contribution in [2.45, 2.75) is 43.8 Å². The molecule has 156 valence electrons. The van der Waals surface area contributed by atoms with Crippen LogP contribution in [0.15, 0.2) is 24.5 Å². The first-order valence-electron chi connectivity index (χ1n) is 10.9. The van der Waals surface area contributed by atoms with Crippen molar-refractivity contribution in [3.05, 3.63) is 24.5 Å². The van der Waals surface area contributed by atoms with Crippen LogP contribution >= 0.6 is 0 Å². The van der Waals surface area contributed by atoms with Gasteiger partial charge in [-0.15, -0.1) is 0 Å². The number of rotatable bonds is 5. The highest BCUT2D eigenvalue weighted by molar-refractivity contribution is 5.86. The second-order valence-electron chi connectivity index (χ2n) is 8.65. The SMILES string of the molecule is OC1(CN2CCN(c3ccc4ncnc(OC5CCC5)c4c3)CC2)CCOCC1. The number of aliphatic hydroxyl groups is 1. The number of β-amino-alcohol motifs (C(OH)–C–C–N with tert-alkyl or cyclic N) is 1. The van der Waals surface area contributed by atoms with Crippen LogP contribution in [-0.4, -0.2) is 77.6 Å². The van der Waals surface area contributed by atoms with Gasteiger partial charge in [-0.25, -0.2) is 9.97 Å². The quantitative estimate of drug-likeness (QED) is 0.828. The number of ether oxygens (including phenoxy) is 2. The van der Waals surface area contributed by atoms with Crippen LogP contribution in [-0.2, 0) is 4.74 Å². The lowest BCUT2D eigenvalue weighted by atomic mass is 9.93. The molecule has 0 bridgehead atoms. The molecule has 2 saturated heterocycles. The Bertz CT molecular complexity index is 843. The van der Waals surface area contributed by atoms with E-state index in [-0.39, 0.29) is 0 Å². The van der Waals surface area contributed by atoms with Crippen LogP contribution in [0.4, 0.5) is 5.69 Å². The Morgan fingerprint density at radius 3 is 2.62 bits per heavy atom. The largest absolute Gasteiger partial charge is 0.474 e. The standard InChI is InChI=1S/C22H30N4O3/c27-22(6-12-28-13-7-22)15-25-8-10-26(11-9-25)17-4-5-20-19(14-17)21(24-16-23-20)29-18-2-1-3-18/h4-5,14,16,18,27H,1-3,6-13,15H2. The van der Waals surface area contributed by atoms with Crippen molar-refractivity contribution in [3.63, 3.8) is 0 Å². The van der Waals surface area contributed by atoms with E-state index in [2.05, 4.69) is 38.0 Å². The van der Waals surface area contributed by atoms with Crippen molar-refractivity contribution in [1.29, 1.82) is 0 Å². The van der Waals surface area contributed by atoms with Crippen molar-refractivity contribution in [1.82, 2.24) is 14.9 Å². The molecule has 5 rings (SSSR count). The van der Waals surface area contributed by atoms with Crippen molar-refractivity contribution in [3.8, 4) is 5.88 Å². The van der Waals surface area contributed by atoms with Gasteiger partial charge in [0.2, 0.25) is 5.88 Å². The smallest absolute Gasteiger partial charge is 0.224 e. The second-order valence-corrected chi connectivity index (χ2v) is 8.65. The van der Waals surface area contributed by atoms with Gasteiger partial charge in [0, 0.05) is 64.5 Å². The molecule has 1 N–H and O–H groups in total. The van der Waals surface area contributed by atoms with Crippen LogP contribution in [0.2, 0.25) is 0 Å². The molecule has 3 fully saturated rings. The Balaban J connectivity index is 1.26. The van der Waals surface area contributed by atoms with Crippen LogP contribution in [0.3, 0.4) is 0 Å². The first-order valence-corrected chi connectivity index (χ1v) is 10.9. The van der Waals surface area contributed by atoms with Crippen LogP contribution in [0, 0.1) is 0 Å². The zero-order valence-electron chi connectivity index (χ0n) is 16.9. The highest BCUT2D eigenvalue weighted by Gasteiger charge is 2.33. The van der Waals surface area contributed by atoms with E-state index in [0.29, 0.717) is 25.2 Å². The van der Waals surface area contributed by atoms with E-state index in [1.165, 1.54) is 12.1 Å². The van der Waals surface area contributed by atoms with E-state index in [1.54, 1.807) is 6.33 Å². The molecule has 1 saturated carbocycles. The van der Waals surface area contributed by atoms with Crippen molar-refractivity contribution in [2.75, 3.05) is 50.8 Å². The highest BCUT2D eigenvalue weighted by Crippen LogP contribution is 2.31. The molecule has 1 aliphatic carbocycles. The van der Waals surface area contributed by atoms with Gasteiger partial charge in [-0.05, 0) is 37.5 Å². The third-order valence-corrected chi connectivity index (χ3v) is 6.59. The van der Waals surface area contributed by atoms with E-state index in [1.807, 2.05) is 0 Å². The number of hydrogen-bond donors (Lipinski definition) is 1. The number of aromatic nitrogens is 2. The summed E-state index contributed by atoms with van der Waals surface area (Å²) in [6.45, 7) is 5.89. The molecule has 0 atom stereocenters. The van der Waals surface area contributed by atoms with Crippen LogP contribution < -0.4 is 9.64 Å². The van der Waals surface area contributed by atoms with Crippen LogP contribution in [0.25, 0.3) is 10.9 Å². The van der Waals surface area contributed by atoms with E-state index < -0.39 is 5.60 Å². The summed E-state index contributed by atoms with van der Waals surface area (Å²) >= 11 is 0. The van der Waals surface area contributed by atoms with Gasteiger partial charge in [0.05, 0.1) is 16.5 Å². The van der Waals surface area contributed by atoms with Gasteiger partial charge in [0.1, 0.15) is 12.4 Å². The lowest BCUT2D eigenvalue weighted by Gasteiger charge is -2.41. The van der Waals surface area contributed by atoms with Gasteiger partial charge < -0.3 is 19.5 Å². The number of hydrogen-bond acceptors (Lipinski definition) is 7. The van der Waals surface area contributed by atoms with Gasteiger partial charge in [-0.2, -0.15) is 0 Å². The first kappa shape index (κ1) is 19.0. The minimum absolute atomic E-state index is 0.302. The monoisotopic (exact) mass is 398 g/mol. The van der Waals surface area contributed by atoms with Crippen molar-refractivity contribution in [2.24, 2.45) is 0 Å². The molecule has 0 amide bonds. The molecule has 2 aromatic rings. The van der Waals surface area contributed by atoms with E-state index in [9.17, 15) is 5.11 Å². The topological polar surface area (TPSA) is 71.0 Å². The minimum atomic E-state index is -0.589. The van der Waals surface area contributed by atoms with Crippen LogP contribution in [0.5, 0.6) is 5.88 Å². The molecular formula is C22H30N4O3. The molecule has 7 heteroatoms. The van der Waals surface area contributed by atoms with E-state index in [0.717, 1.165) is 69.3 Å². The average Bonchev–Trinajstić information content (AvgIpc) is 2.71. The summed E-state index contributed by atoms with van der Waals surface area (Å²) in [4.78, 5) is 13.6. The molecule has 0 radical (unpaired) electrons. The fraction of sp³-hybridized carbons (Fsp3) is 0.636. The van der Waals surface area contributed by atoms with Gasteiger partial charge >= 0.3 is 0 Å². The summed E-state index contributed by atoms with van der Waals surface area (Å²) in [5.74, 6) is 0.710. The maximum atomic E-state index is 10.8. The molecule has 3 heterocycles. The van der Waals surface area contributed by atoms with Crippen molar-refractivity contribution < 1.29 is 14.6 Å². The summed E-state index contributed by atoms with van der Waals surface area (Å²) in [7, 11) is 0. The molecule has 29 heavy (non-hydrogen) atoms. The Morgan fingerprint density at radius 2 is 1.90 bits per heavy atom. The van der Waals surface area contributed by atoms with Gasteiger partial charge in [0.15, 0.2) is 0 Å². The Kier molecular flexibility index (Phi) is 5.28. The number of nitrogens with zero attached hydrogens (tertiary/aromatic N) is 4. The molecule has 0 unspecified atom stereocenters. The Hall–Kier alpha value is -1.96. The predicted molar refractivity (Wildman–Crippen MR) is 111 cm³/mol. The highest BCUT2D eigenvalue weighted by atomic mass is 16.5. The zero-order chi connectivity index (χ0) is 19.7. The fourth-order valence-electron chi connectivity index (χ4n) is 4.45. The number of piperazine rings is 1. The van der Waals surface area contributed by atoms with E-state index >= 15 is 0 Å². The molecule has 1 aromatic heterocycles. The molecule has 3 aliphatic rings. The predicted octanol–water partition coefficient (Wildman–Crippen LogP) is 2.22. The Morgan fingerprint density at radius 1 is 1.10 bits per heavy atom. The first-order chi connectivity index (χ1) is 14.2. The summed E-state index contributed by atoms with van der Waals surface area (Å²) in [5, 5.41) is 11.8. The third kappa shape index (κ3) is 4.17. The zero-order valence-corrected chi connectivity index (χ0v) is 16.9. The summed E-state index contributed by atoms with van der Waals surface area (Å²) in [6.07, 6.45) is 6.85. The number of benzene rings is 1. The lowest BCUT2D eigenvalue weighted by molar-refractivity contribution is -0.0802. The summed E-state index contributed by atoms with van der Waals surface area (Å²) in [6, 6.07) is 6.38. The summed E-state index contributed by atoms with van der Waals surface area (Å²) in [5.41, 5.74) is 1.53. The number of anilines is 1. The maximum Gasteiger partial charge on any atom is 0.224 e. The minimum Gasteiger partial charge on any atom is -0.474 e. The Labute approximate surface area is 171 Å². The molecule has 0 spiro atoms. The molecule has 2 aliphatic heterocycles. The lowest BCUT2D eigenvalue weighted by Crippen LogP contribution is -2.53. The van der Waals surface area contributed by atoms with Gasteiger partial charge in [0.25, 0.3) is 0 Å². The normalized spacial score (nSPS) is 23.1. The molecular weight excluding hydrogens is 368 g/mol. The second kappa shape index (κ2) is 8.05. The maximum absolute atomic E-state index is 10.8. The molecule has 1 aromatic carbocycles. The van der Waals surface area contributed by atoms with Gasteiger partial charge in [-0.3, -0.25) is 4.90 Å². The van der Waals surface area contributed by atoms with E-state index in [4.69, 9.17) is 9.47 Å². The third-order valence-electron chi connectivity index (χ3n) is 6.59. The number of fused-ring (bicyclic) bond motifs is 1. The average molecular weight is 399 g/mol. The summed E-state index contributed by atoms with van der Waals surface area (Å²) < 4.78 is 11.5. The fourth-order valence-corrected chi connectivity index (χ4v) is 4.45. The van der Waals surface area contributed by atoms with Crippen LogP contribution in [0.1, 0.15) is 32.1 Å². The van der Waals surface area contributed by atoms with Crippen molar-refractivity contribution >= 4 is 16.6 Å². The molecule has 7 nitrogen and oxygen atoms in total.